The van der Waals surface area contributed by atoms with Crippen LogP contribution in [0.4, 0.5) is 0 Å². The second kappa shape index (κ2) is 4.04. The van der Waals surface area contributed by atoms with E-state index < -0.39 is 0 Å². The van der Waals surface area contributed by atoms with Crippen molar-refractivity contribution in [3.05, 3.63) is 0 Å². The first-order valence-electron chi connectivity index (χ1n) is 4.41. The fourth-order valence-electron chi connectivity index (χ4n) is 1.80. The molecular weight excluding hydrogens is 140 g/mol. The van der Waals surface area contributed by atoms with Gasteiger partial charge >= 0.3 is 0 Å². The molecule has 3 N–H and O–H groups in total. The van der Waals surface area contributed by atoms with E-state index in [2.05, 4.69) is 10.2 Å². The van der Waals surface area contributed by atoms with Gasteiger partial charge in [-0.1, -0.05) is 6.42 Å². The van der Waals surface area contributed by atoms with Gasteiger partial charge in [-0.3, -0.25) is 4.90 Å². The first-order valence-corrected chi connectivity index (χ1v) is 4.41. The Hall–Kier alpha value is -0.120. The quantitative estimate of drug-likeness (QED) is 0.565. The van der Waals surface area contributed by atoms with Gasteiger partial charge in [-0.2, -0.15) is 0 Å². The third kappa shape index (κ3) is 1.92. The maximum Gasteiger partial charge on any atom is 0.0110 e. The fraction of sp³-hybridized carbons (Fsp3) is 1.00. The lowest BCUT2D eigenvalue weighted by Crippen LogP contribution is -2.50. The van der Waals surface area contributed by atoms with Crippen LogP contribution in [0.2, 0.25) is 0 Å². The lowest BCUT2D eigenvalue weighted by atomic mass is 9.91. The molecule has 3 heteroatoms. The predicted octanol–water partition coefficient (Wildman–Crippen LogP) is -0.381. The molecule has 0 radical (unpaired) electrons. The van der Waals surface area contributed by atoms with Gasteiger partial charge in [0, 0.05) is 32.2 Å². The molecular formula is C8H18N2O. The van der Waals surface area contributed by atoms with Crippen molar-refractivity contribution in [1.29, 1.82) is 0 Å². The second-order valence-corrected chi connectivity index (χ2v) is 3.37. The highest BCUT2D eigenvalue weighted by Crippen LogP contribution is 2.24. The van der Waals surface area contributed by atoms with Crippen molar-refractivity contribution in [3.63, 3.8) is 0 Å². The maximum absolute atomic E-state index is 3.38. The molecule has 1 aliphatic heterocycles. The largest absolute Gasteiger partial charge is 0.412 e. The molecule has 0 aromatic carbocycles. The zero-order valence-electron chi connectivity index (χ0n) is 6.97. The van der Waals surface area contributed by atoms with Crippen LogP contribution in [0.5, 0.6) is 0 Å². The highest BCUT2D eigenvalue weighted by Gasteiger charge is 2.25. The standard InChI is InChI=1S/C8H16N2.H2O/c1-2-8(3-1)10-6-4-9-5-7-10;/h8-9H,1-7H2;1H2. The second-order valence-electron chi connectivity index (χ2n) is 3.37. The number of nitrogens with zero attached hydrogens (tertiary/aromatic N) is 1. The Kier molecular flexibility index (Phi) is 3.30. The first kappa shape index (κ1) is 8.97. The van der Waals surface area contributed by atoms with Crippen LogP contribution >= 0.6 is 0 Å². The van der Waals surface area contributed by atoms with Crippen molar-refractivity contribution in [3.8, 4) is 0 Å². The summed E-state index contributed by atoms with van der Waals surface area (Å²) in [5.41, 5.74) is 0. The molecule has 0 aromatic heterocycles. The van der Waals surface area contributed by atoms with E-state index >= 15 is 0 Å². The fourth-order valence-corrected chi connectivity index (χ4v) is 1.80. The highest BCUT2D eigenvalue weighted by atomic mass is 16.0. The normalized spacial score (nSPS) is 27.3. The molecule has 0 spiro atoms. The molecule has 0 atom stereocenters. The minimum absolute atomic E-state index is 0. The van der Waals surface area contributed by atoms with Gasteiger partial charge in [0.05, 0.1) is 0 Å². The van der Waals surface area contributed by atoms with E-state index in [1.54, 1.807) is 0 Å². The summed E-state index contributed by atoms with van der Waals surface area (Å²) < 4.78 is 0. The van der Waals surface area contributed by atoms with Gasteiger partial charge in [-0.05, 0) is 12.8 Å². The Bertz CT molecular complexity index is 109. The Morgan fingerprint density at radius 1 is 1.09 bits per heavy atom. The lowest BCUT2D eigenvalue weighted by molar-refractivity contribution is 0.112. The summed E-state index contributed by atoms with van der Waals surface area (Å²) in [5.74, 6) is 0. The average Bonchev–Trinajstić information content (AvgIpc) is 1.86. The molecule has 66 valence electrons. The molecule has 1 heterocycles. The van der Waals surface area contributed by atoms with Crippen molar-refractivity contribution in [2.24, 2.45) is 0 Å². The zero-order chi connectivity index (χ0) is 6.81. The van der Waals surface area contributed by atoms with Crippen LogP contribution in [-0.4, -0.2) is 42.6 Å². The molecule has 1 aliphatic carbocycles. The van der Waals surface area contributed by atoms with E-state index in [4.69, 9.17) is 0 Å². The molecule has 1 saturated heterocycles. The molecule has 11 heavy (non-hydrogen) atoms. The molecule has 0 unspecified atom stereocenters. The molecule has 2 rings (SSSR count). The van der Waals surface area contributed by atoms with E-state index in [-0.39, 0.29) is 5.48 Å². The van der Waals surface area contributed by atoms with Gasteiger partial charge in [-0.15, -0.1) is 0 Å². The van der Waals surface area contributed by atoms with Crippen LogP contribution in [-0.2, 0) is 0 Å². The van der Waals surface area contributed by atoms with Crippen LogP contribution < -0.4 is 5.32 Å². The minimum atomic E-state index is 0. The summed E-state index contributed by atoms with van der Waals surface area (Å²) in [6.45, 7) is 4.97. The summed E-state index contributed by atoms with van der Waals surface area (Å²) >= 11 is 0. The third-order valence-electron chi connectivity index (χ3n) is 2.74. The van der Waals surface area contributed by atoms with E-state index in [9.17, 15) is 0 Å². The number of hydrogen-bond donors (Lipinski definition) is 1. The van der Waals surface area contributed by atoms with E-state index in [1.807, 2.05) is 0 Å². The molecule has 3 nitrogen and oxygen atoms in total. The van der Waals surface area contributed by atoms with Gasteiger partial charge < -0.3 is 10.8 Å². The van der Waals surface area contributed by atoms with Crippen molar-refractivity contribution in [2.45, 2.75) is 25.3 Å². The molecule has 0 bridgehead atoms. The third-order valence-corrected chi connectivity index (χ3v) is 2.74. The van der Waals surface area contributed by atoms with Crippen LogP contribution in [0, 0.1) is 0 Å². The van der Waals surface area contributed by atoms with Crippen LogP contribution in [0.1, 0.15) is 19.3 Å². The van der Waals surface area contributed by atoms with Gasteiger partial charge in [0.15, 0.2) is 0 Å². The van der Waals surface area contributed by atoms with Crippen molar-refractivity contribution >= 4 is 0 Å². The van der Waals surface area contributed by atoms with Gasteiger partial charge in [-0.25, -0.2) is 0 Å². The summed E-state index contributed by atoms with van der Waals surface area (Å²) in [5, 5.41) is 3.38. The monoisotopic (exact) mass is 158 g/mol. The van der Waals surface area contributed by atoms with Crippen LogP contribution in [0.25, 0.3) is 0 Å². The summed E-state index contributed by atoms with van der Waals surface area (Å²) in [4.78, 5) is 2.64. The summed E-state index contributed by atoms with van der Waals surface area (Å²) in [7, 11) is 0. The van der Waals surface area contributed by atoms with Crippen LogP contribution in [0.3, 0.4) is 0 Å². The molecule has 2 fully saturated rings. The Morgan fingerprint density at radius 2 is 1.73 bits per heavy atom. The van der Waals surface area contributed by atoms with Crippen molar-refractivity contribution < 1.29 is 5.48 Å². The van der Waals surface area contributed by atoms with E-state index in [0.717, 1.165) is 6.04 Å². The lowest BCUT2D eigenvalue weighted by Gasteiger charge is -2.39. The summed E-state index contributed by atoms with van der Waals surface area (Å²) in [6, 6.07) is 0.960. The number of piperazine rings is 1. The Labute approximate surface area is 68.1 Å². The average molecular weight is 158 g/mol. The summed E-state index contributed by atoms with van der Waals surface area (Å²) in [6.07, 6.45) is 4.38. The number of nitrogens with one attached hydrogen (secondary N) is 1. The van der Waals surface area contributed by atoms with Gasteiger partial charge in [0.2, 0.25) is 0 Å². The van der Waals surface area contributed by atoms with Crippen molar-refractivity contribution in [1.82, 2.24) is 10.2 Å². The number of rotatable bonds is 1. The molecule has 0 amide bonds. The SMILES string of the molecule is C1CC(N2CCNCC2)C1.O. The topological polar surface area (TPSA) is 46.8 Å². The highest BCUT2D eigenvalue weighted by molar-refractivity contribution is 4.82. The number of hydrogen-bond acceptors (Lipinski definition) is 2. The van der Waals surface area contributed by atoms with Crippen LogP contribution in [0.15, 0.2) is 0 Å². The predicted molar refractivity (Wildman–Crippen MR) is 45.7 cm³/mol. The smallest absolute Gasteiger partial charge is 0.0110 e. The molecule has 0 aromatic rings. The van der Waals surface area contributed by atoms with Gasteiger partial charge in [0.1, 0.15) is 0 Å². The minimum Gasteiger partial charge on any atom is -0.412 e. The van der Waals surface area contributed by atoms with E-state index in [1.165, 1.54) is 45.4 Å². The van der Waals surface area contributed by atoms with Crippen molar-refractivity contribution in [2.75, 3.05) is 26.2 Å². The molecule has 1 saturated carbocycles. The Morgan fingerprint density at radius 3 is 2.18 bits per heavy atom. The first-order chi connectivity index (χ1) is 4.97. The van der Waals surface area contributed by atoms with E-state index in [0.29, 0.717) is 0 Å². The maximum atomic E-state index is 3.38. The molecule has 2 aliphatic rings. The van der Waals surface area contributed by atoms with Gasteiger partial charge in [0.25, 0.3) is 0 Å². The zero-order valence-corrected chi connectivity index (χ0v) is 6.97. The Balaban J connectivity index is 0.000000605.